The molecule has 1 amide bonds. The summed E-state index contributed by atoms with van der Waals surface area (Å²) >= 11 is 12.7. The van der Waals surface area contributed by atoms with E-state index < -0.39 is 108 Å². The van der Waals surface area contributed by atoms with Crippen LogP contribution in [0.3, 0.4) is 0 Å². The molecule has 2 N–H and O–H groups in total. The standard InChI is InChI=1S/C59H89Cl2N3O16/c1-17-46-59(12)51(64(56(70)80-59)21-18-22-74-45-24-38(19-20-44(45)71-14)43(65)25-39-40(60)28-62-29-41(39)61)34(6)48(66)32(4)26-58(11,73-16)53(79-55-49(67)42(23-33(5)75-55)63(13)30-31(2)3)35(7)50(36(8)54(69)77-46)78-47-27-57(10,72-15)52(68)37(9)76-47/h19-20,24,28-29,31-37,42,46-47,49-53,55,67-68H,17-18,21-23,25-27,30H2,1-16H3/t32-,33-,34+,35+,36-,37+,42+,46-,47+,49-,50+,51-,52+,53-,55+,57-,58-,59-/m1/s1. The van der Waals surface area contributed by atoms with E-state index in [1.165, 1.54) is 38.6 Å². The number of ketones is 2. The zero-order chi connectivity index (χ0) is 59.3. The van der Waals surface area contributed by atoms with E-state index in [0.717, 1.165) is 0 Å². The molecule has 1 aromatic heterocycles. The first-order valence-corrected chi connectivity index (χ1v) is 29.0. The number of methoxy groups -OCH3 is 3. The number of likely N-dealkylation sites (N-methyl/N-ethyl adjacent to an activating group) is 1. The van der Waals surface area contributed by atoms with E-state index in [1.54, 1.807) is 52.8 Å². The number of rotatable bonds is 19. The van der Waals surface area contributed by atoms with Crippen LogP contribution in [-0.2, 0) is 53.9 Å². The van der Waals surface area contributed by atoms with E-state index in [9.17, 15) is 19.8 Å². The lowest BCUT2D eigenvalue weighted by atomic mass is 9.73. The van der Waals surface area contributed by atoms with Gasteiger partial charge >= 0.3 is 12.1 Å². The molecular formula is C59H89Cl2N3O16. The Morgan fingerprint density at radius 1 is 0.912 bits per heavy atom. The number of nitrogens with zero attached hydrogens (tertiary/aromatic N) is 3. The summed E-state index contributed by atoms with van der Waals surface area (Å²) in [4.78, 5) is 66.0. The smallest absolute Gasteiger partial charge is 0.410 e. The number of ether oxygens (including phenoxy) is 10. The van der Waals surface area contributed by atoms with Crippen LogP contribution in [0.5, 0.6) is 11.5 Å². The molecule has 2 aromatic rings. The molecular weight excluding hydrogens is 1080 g/mol. The number of Topliss-reactive ketones (excluding diaryl/α,β-unsaturated/α-hetero) is 2. The molecule has 4 fully saturated rings. The van der Waals surface area contributed by atoms with Crippen molar-refractivity contribution in [1.29, 1.82) is 0 Å². The van der Waals surface area contributed by atoms with Gasteiger partial charge < -0.3 is 67.4 Å². The number of hydrogen-bond acceptors (Lipinski definition) is 18. The second kappa shape index (κ2) is 27.3. The third-order valence-electron chi connectivity index (χ3n) is 17.3. The maximum Gasteiger partial charge on any atom is 0.410 e. The van der Waals surface area contributed by atoms with Gasteiger partial charge in [-0.05, 0) is 98.4 Å². The summed E-state index contributed by atoms with van der Waals surface area (Å²) in [6.45, 7) is 23.0. The molecule has 0 bridgehead atoms. The van der Waals surface area contributed by atoms with Crippen LogP contribution < -0.4 is 9.47 Å². The normalized spacial score (nSPS) is 36.5. The third kappa shape index (κ3) is 14.3. The quantitative estimate of drug-likeness (QED) is 0.0764. The summed E-state index contributed by atoms with van der Waals surface area (Å²) in [6, 6.07) is 3.54. The number of aliphatic hydroxyl groups is 2. The number of cyclic esters (lactones) is 1. The van der Waals surface area contributed by atoms with Crippen molar-refractivity contribution >= 4 is 46.8 Å². The predicted molar refractivity (Wildman–Crippen MR) is 299 cm³/mol. The second-order valence-corrected chi connectivity index (χ2v) is 24.6. The van der Waals surface area contributed by atoms with Crippen LogP contribution in [0.2, 0.25) is 10.0 Å². The number of carbonyl (C=O) groups is 4. The average Bonchev–Trinajstić information content (AvgIpc) is 3.81. The fraction of sp³-hybridized carbons (Fsp3) is 0.746. The first-order chi connectivity index (χ1) is 37.6. The van der Waals surface area contributed by atoms with E-state index in [4.69, 9.17) is 70.6 Å². The molecule has 0 unspecified atom stereocenters. The lowest BCUT2D eigenvalue weighted by Crippen LogP contribution is -2.62. The Labute approximate surface area is 483 Å². The molecule has 0 spiro atoms. The van der Waals surface area contributed by atoms with Crippen LogP contribution in [0.4, 0.5) is 4.79 Å². The molecule has 21 heteroatoms. The fourth-order valence-corrected chi connectivity index (χ4v) is 13.2. The second-order valence-electron chi connectivity index (χ2n) is 23.8. The number of hydrogen-bond donors (Lipinski definition) is 2. The SMILES string of the molecule is CC[C@H]1OC(=O)[C@H](C)[C@@H](O[C@H]2C[C@@](C)(OC)[C@@H](O)[C@H](C)O2)[C@H](C)[C@@H](O[C@@H]2O[C@H](C)C[C@H](N(C)CC(C)C)[C@H]2O)[C@](C)(OC)C[C@@H](C)C(=O)[C@H](C)[C@H]2N(CCCOc3cc(C(=O)Cc4c(Cl)cncc4Cl)ccc3OC)C(=O)O[C@]12C. The summed E-state index contributed by atoms with van der Waals surface area (Å²) < 4.78 is 63.9. The molecule has 18 atom stereocenters. The summed E-state index contributed by atoms with van der Waals surface area (Å²) in [5, 5.41) is 23.9. The molecule has 4 saturated heterocycles. The largest absolute Gasteiger partial charge is 0.493 e. The van der Waals surface area contributed by atoms with Crippen molar-refractivity contribution in [3.63, 3.8) is 0 Å². The number of benzene rings is 1. The van der Waals surface area contributed by atoms with E-state index in [1.807, 2.05) is 41.7 Å². The highest BCUT2D eigenvalue weighted by Gasteiger charge is 2.61. The number of carbonyl (C=O) groups excluding carboxylic acids is 4. The Bertz CT molecular complexity index is 2440. The van der Waals surface area contributed by atoms with E-state index >= 15 is 9.59 Å². The monoisotopic (exact) mass is 1170 g/mol. The van der Waals surface area contributed by atoms with Crippen LogP contribution in [0.25, 0.3) is 0 Å². The van der Waals surface area contributed by atoms with Crippen molar-refractivity contribution < 1.29 is 76.8 Å². The molecule has 0 saturated carbocycles. The van der Waals surface area contributed by atoms with Gasteiger partial charge in [0.05, 0.1) is 71.3 Å². The van der Waals surface area contributed by atoms with Crippen molar-refractivity contribution in [1.82, 2.24) is 14.8 Å². The summed E-state index contributed by atoms with van der Waals surface area (Å²) in [5.74, 6) is -3.64. The maximum absolute atomic E-state index is 15.3. The molecule has 0 aliphatic carbocycles. The molecule has 6 rings (SSSR count). The molecule has 4 aliphatic rings. The van der Waals surface area contributed by atoms with Gasteiger partial charge in [0, 0.05) is 87.5 Å². The minimum Gasteiger partial charge on any atom is -0.493 e. The lowest BCUT2D eigenvalue weighted by Gasteiger charge is -2.50. The van der Waals surface area contributed by atoms with Crippen LogP contribution >= 0.6 is 23.2 Å². The Kier molecular flexibility index (Phi) is 22.3. The van der Waals surface area contributed by atoms with E-state index in [-0.39, 0.29) is 84.8 Å². The van der Waals surface area contributed by atoms with Crippen molar-refractivity contribution in [3.05, 3.63) is 51.8 Å². The number of fused-ring (bicyclic) bond motifs is 1. The summed E-state index contributed by atoms with van der Waals surface area (Å²) in [5.41, 5.74) is -3.19. The van der Waals surface area contributed by atoms with Crippen LogP contribution in [-0.4, -0.2) is 181 Å². The molecule has 1 aromatic carbocycles. The van der Waals surface area contributed by atoms with Crippen LogP contribution in [0, 0.1) is 29.6 Å². The van der Waals surface area contributed by atoms with Gasteiger partial charge in [-0.3, -0.25) is 19.4 Å². The molecule has 5 heterocycles. The lowest BCUT2D eigenvalue weighted by molar-refractivity contribution is -0.319. The number of halogens is 2. The van der Waals surface area contributed by atoms with Gasteiger partial charge in [-0.1, -0.05) is 64.7 Å². The first kappa shape index (κ1) is 65.4. The summed E-state index contributed by atoms with van der Waals surface area (Å²) in [7, 11) is 6.50. The Hall–Kier alpha value is -3.73. The van der Waals surface area contributed by atoms with Crippen molar-refractivity contribution in [2.75, 3.05) is 48.1 Å². The van der Waals surface area contributed by atoms with Gasteiger partial charge in [-0.25, -0.2) is 4.79 Å². The highest BCUT2D eigenvalue weighted by molar-refractivity contribution is 6.36. The first-order valence-electron chi connectivity index (χ1n) is 28.2. The van der Waals surface area contributed by atoms with Gasteiger partial charge in [-0.2, -0.15) is 0 Å². The predicted octanol–water partition coefficient (Wildman–Crippen LogP) is 8.54. The highest BCUT2D eigenvalue weighted by atomic mass is 35.5. The molecule has 4 aliphatic heterocycles. The van der Waals surface area contributed by atoms with Crippen molar-refractivity contribution in [2.45, 2.75) is 206 Å². The van der Waals surface area contributed by atoms with Crippen LogP contribution in [0.1, 0.15) is 131 Å². The molecule has 450 valence electrons. The topological polar surface area (TPSA) is 220 Å². The third-order valence-corrected chi connectivity index (χ3v) is 17.9. The number of aliphatic hydroxyl groups excluding tert-OH is 2. The Morgan fingerprint density at radius 2 is 1.57 bits per heavy atom. The highest BCUT2D eigenvalue weighted by Crippen LogP contribution is 2.45. The Balaban J connectivity index is 1.35. The zero-order valence-electron chi connectivity index (χ0n) is 49.7. The minimum atomic E-state index is -1.54. The fourth-order valence-electron chi connectivity index (χ4n) is 12.7. The van der Waals surface area contributed by atoms with Crippen LogP contribution in [0.15, 0.2) is 30.6 Å². The van der Waals surface area contributed by atoms with Gasteiger partial charge in [0.2, 0.25) is 0 Å². The van der Waals surface area contributed by atoms with Gasteiger partial charge in [0.25, 0.3) is 0 Å². The zero-order valence-corrected chi connectivity index (χ0v) is 51.2. The number of aromatic nitrogens is 1. The van der Waals surface area contributed by atoms with Gasteiger partial charge in [0.15, 0.2) is 35.5 Å². The van der Waals surface area contributed by atoms with Crippen molar-refractivity contribution in [3.8, 4) is 11.5 Å². The van der Waals surface area contributed by atoms with Gasteiger partial charge in [-0.15, -0.1) is 0 Å². The Morgan fingerprint density at radius 3 is 2.19 bits per heavy atom. The molecule has 0 radical (unpaired) electrons. The number of amides is 1. The number of esters is 1. The molecule has 19 nitrogen and oxygen atoms in total. The van der Waals surface area contributed by atoms with E-state index in [0.29, 0.717) is 35.8 Å². The number of pyridine rings is 1. The van der Waals surface area contributed by atoms with Crippen molar-refractivity contribution in [2.24, 2.45) is 29.6 Å². The average molecular weight is 1170 g/mol. The van der Waals surface area contributed by atoms with E-state index in [2.05, 4.69) is 23.7 Å². The molecule has 80 heavy (non-hydrogen) atoms. The van der Waals surface area contributed by atoms with Gasteiger partial charge in [0.1, 0.15) is 24.1 Å². The minimum absolute atomic E-state index is 0.0533. The summed E-state index contributed by atoms with van der Waals surface area (Å²) in [6.07, 6.45) is -5.24. The maximum atomic E-state index is 15.3.